The number of rotatable bonds is 6. The van der Waals surface area contributed by atoms with Crippen LogP contribution in [0.15, 0.2) is 12.1 Å². The van der Waals surface area contributed by atoms with Gasteiger partial charge >= 0.3 is 6.18 Å². The second-order valence-corrected chi connectivity index (χ2v) is 4.35. The third kappa shape index (κ3) is 4.19. The van der Waals surface area contributed by atoms with Gasteiger partial charge in [-0.3, -0.25) is 4.79 Å². The highest BCUT2D eigenvalue weighted by Gasteiger charge is 2.33. The summed E-state index contributed by atoms with van der Waals surface area (Å²) in [5.41, 5.74) is 0.0283. The van der Waals surface area contributed by atoms with Crippen LogP contribution >= 0.6 is 0 Å². The molecule has 22 heavy (non-hydrogen) atoms. The Labute approximate surface area is 126 Å². The number of hydrogen-bond acceptors (Lipinski definition) is 4. The third-order valence-electron chi connectivity index (χ3n) is 2.95. The molecule has 0 radical (unpaired) electrons. The Bertz CT molecular complexity index is 506. The number of benzene rings is 1. The predicted octanol–water partition coefficient (Wildman–Crippen LogP) is 2.74. The average Bonchev–Trinajstić information content (AvgIpc) is 2.49. The van der Waals surface area contributed by atoms with Gasteiger partial charge in [-0.15, -0.1) is 0 Å². The summed E-state index contributed by atoms with van der Waals surface area (Å²) in [4.78, 5) is 13.0. The van der Waals surface area contributed by atoms with E-state index >= 15 is 0 Å². The molecule has 0 aliphatic carbocycles. The fraction of sp³-hybridized carbons (Fsp3) is 0.500. The van der Waals surface area contributed by atoms with Crippen molar-refractivity contribution >= 4 is 5.91 Å². The number of nitrogens with zero attached hydrogens (tertiary/aromatic N) is 1. The minimum atomic E-state index is -4.47. The number of carbonyl (C=O) groups excluding carboxylic acids is 1. The number of alkyl halides is 3. The van der Waals surface area contributed by atoms with Crippen LogP contribution in [0, 0.1) is 0 Å². The van der Waals surface area contributed by atoms with Crippen LogP contribution in [0.5, 0.6) is 17.2 Å². The van der Waals surface area contributed by atoms with Crippen LogP contribution < -0.4 is 14.2 Å². The van der Waals surface area contributed by atoms with Crippen LogP contribution in [0.3, 0.4) is 0 Å². The molecular formula is C14H18F3NO4. The second kappa shape index (κ2) is 7.24. The maximum Gasteiger partial charge on any atom is 0.406 e. The van der Waals surface area contributed by atoms with Crippen LogP contribution in [0.1, 0.15) is 17.3 Å². The maximum atomic E-state index is 12.5. The monoisotopic (exact) mass is 321 g/mol. The molecule has 5 nitrogen and oxygen atoms in total. The van der Waals surface area contributed by atoms with Gasteiger partial charge in [-0.2, -0.15) is 13.2 Å². The van der Waals surface area contributed by atoms with Gasteiger partial charge in [0.05, 0.1) is 21.3 Å². The summed E-state index contributed by atoms with van der Waals surface area (Å²) in [6.45, 7) is 0.0790. The van der Waals surface area contributed by atoms with Crippen LogP contribution in [-0.4, -0.2) is 51.4 Å². The fourth-order valence-corrected chi connectivity index (χ4v) is 1.93. The number of methoxy groups -OCH3 is 3. The zero-order chi connectivity index (χ0) is 16.9. The first kappa shape index (κ1) is 17.9. The normalized spacial score (nSPS) is 11.0. The van der Waals surface area contributed by atoms with Crippen molar-refractivity contribution in [3.8, 4) is 17.2 Å². The molecule has 0 spiro atoms. The summed E-state index contributed by atoms with van der Waals surface area (Å²) >= 11 is 0. The SMILES string of the molecule is CCN(CC(F)(F)F)C(=O)c1cc(OC)c(OC)c(OC)c1. The quantitative estimate of drug-likeness (QED) is 0.808. The zero-order valence-corrected chi connectivity index (χ0v) is 12.8. The third-order valence-corrected chi connectivity index (χ3v) is 2.95. The average molecular weight is 321 g/mol. The van der Waals surface area contributed by atoms with Crippen LogP contribution in [0.2, 0.25) is 0 Å². The summed E-state index contributed by atoms with van der Waals surface area (Å²) in [6, 6.07) is 2.64. The predicted molar refractivity (Wildman–Crippen MR) is 73.7 cm³/mol. The zero-order valence-electron chi connectivity index (χ0n) is 12.8. The van der Waals surface area contributed by atoms with E-state index in [4.69, 9.17) is 14.2 Å². The second-order valence-electron chi connectivity index (χ2n) is 4.35. The van der Waals surface area contributed by atoms with Gasteiger partial charge in [0, 0.05) is 12.1 Å². The van der Waals surface area contributed by atoms with E-state index in [2.05, 4.69) is 0 Å². The highest BCUT2D eigenvalue weighted by Crippen LogP contribution is 2.38. The molecule has 0 aliphatic heterocycles. The topological polar surface area (TPSA) is 48.0 Å². The highest BCUT2D eigenvalue weighted by molar-refractivity contribution is 5.95. The summed E-state index contributed by atoms with van der Waals surface area (Å²) in [6.07, 6.45) is -4.47. The largest absolute Gasteiger partial charge is 0.493 e. The fourth-order valence-electron chi connectivity index (χ4n) is 1.93. The molecule has 0 N–H and O–H groups in total. The molecule has 1 aromatic carbocycles. The molecule has 1 aromatic rings. The van der Waals surface area contributed by atoms with E-state index in [0.29, 0.717) is 4.90 Å². The van der Waals surface area contributed by atoms with Gasteiger partial charge < -0.3 is 19.1 Å². The molecule has 0 heterocycles. The Balaban J connectivity index is 3.22. The van der Waals surface area contributed by atoms with Crippen molar-refractivity contribution in [2.24, 2.45) is 0 Å². The first-order valence-electron chi connectivity index (χ1n) is 6.43. The van der Waals surface area contributed by atoms with Crippen molar-refractivity contribution in [1.82, 2.24) is 4.90 Å². The van der Waals surface area contributed by atoms with Crippen molar-refractivity contribution in [3.05, 3.63) is 17.7 Å². The van der Waals surface area contributed by atoms with E-state index in [1.54, 1.807) is 0 Å². The van der Waals surface area contributed by atoms with Gasteiger partial charge in [0.15, 0.2) is 11.5 Å². The molecule has 0 aromatic heterocycles. The molecule has 1 rings (SSSR count). The van der Waals surface area contributed by atoms with Crippen molar-refractivity contribution in [2.75, 3.05) is 34.4 Å². The lowest BCUT2D eigenvalue weighted by Crippen LogP contribution is -2.38. The number of amides is 1. The maximum absolute atomic E-state index is 12.5. The molecule has 0 fully saturated rings. The lowest BCUT2D eigenvalue weighted by atomic mass is 10.1. The Kier molecular flexibility index (Phi) is 5.90. The first-order chi connectivity index (χ1) is 10.3. The van der Waals surface area contributed by atoms with Crippen molar-refractivity contribution in [3.63, 3.8) is 0 Å². The molecule has 8 heteroatoms. The van der Waals surface area contributed by atoms with E-state index in [1.807, 2.05) is 0 Å². The molecule has 0 atom stereocenters. The number of carbonyl (C=O) groups is 1. The number of halogens is 3. The number of hydrogen-bond donors (Lipinski definition) is 0. The van der Waals surface area contributed by atoms with Crippen molar-refractivity contribution in [2.45, 2.75) is 13.1 Å². The standard InChI is InChI=1S/C14H18F3NO4/c1-5-18(8-14(15,16)17)13(19)9-6-10(20-2)12(22-4)11(7-9)21-3/h6-7H,5,8H2,1-4H3. The molecule has 0 unspecified atom stereocenters. The van der Waals surface area contributed by atoms with Gasteiger partial charge in [0.2, 0.25) is 5.75 Å². The molecule has 0 bridgehead atoms. The van der Waals surface area contributed by atoms with Crippen molar-refractivity contribution in [1.29, 1.82) is 0 Å². The Hall–Kier alpha value is -2.12. The van der Waals surface area contributed by atoms with E-state index < -0.39 is 18.6 Å². The van der Waals surface area contributed by atoms with Gasteiger partial charge in [-0.05, 0) is 19.1 Å². The summed E-state index contributed by atoms with van der Waals surface area (Å²) in [5.74, 6) is -0.0963. The summed E-state index contributed by atoms with van der Waals surface area (Å²) < 4.78 is 52.8. The van der Waals surface area contributed by atoms with E-state index in [0.717, 1.165) is 0 Å². The van der Waals surface area contributed by atoms with Gasteiger partial charge in [-0.25, -0.2) is 0 Å². The van der Waals surface area contributed by atoms with Gasteiger partial charge in [-0.1, -0.05) is 0 Å². The van der Waals surface area contributed by atoms with E-state index in [1.165, 1.54) is 40.4 Å². The minimum Gasteiger partial charge on any atom is -0.493 e. The molecule has 124 valence electrons. The molecule has 0 saturated heterocycles. The summed E-state index contributed by atoms with van der Waals surface area (Å²) in [7, 11) is 4.11. The Morgan fingerprint density at radius 2 is 1.59 bits per heavy atom. The smallest absolute Gasteiger partial charge is 0.406 e. The summed E-state index contributed by atoms with van der Waals surface area (Å²) in [5, 5.41) is 0. The Morgan fingerprint density at radius 3 is 1.91 bits per heavy atom. The molecule has 0 aliphatic rings. The lowest BCUT2D eigenvalue weighted by molar-refractivity contribution is -0.140. The Morgan fingerprint density at radius 1 is 1.09 bits per heavy atom. The van der Waals surface area contributed by atoms with Crippen LogP contribution in [0.4, 0.5) is 13.2 Å². The number of ether oxygens (including phenoxy) is 3. The van der Waals surface area contributed by atoms with Crippen LogP contribution in [0.25, 0.3) is 0 Å². The molecule has 1 amide bonds. The lowest BCUT2D eigenvalue weighted by Gasteiger charge is -2.23. The van der Waals surface area contributed by atoms with Gasteiger partial charge in [0.1, 0.15) is 6.54 Å². The van der Waals surface area contributed by atoms with E-state index in [9.17, 15) is 18.0 Å². The molecular weight excluding hydrogens is 303 g/mol. The van der Waals surface area contributed by atoms with E-state index in [-0.39, 0.29) is 29.4 Å². The first-order valence-corrected chi connectivity index (χ1v) is 6.43. The van der Waals surface area contributed by atoms with Gasteiger partial charge in [0.25, 0.3) is 5.91 Å². The van der Waals surface area contributed by atoms with Crippen LogP contribution in [-0.2, 0) is 0 Å². The highest BCUT2D eigenvalue weighted by atomic mass is 19.4. The molecule has 0 saturated carbocycles. The minimum absolute atomic E-state index is 0.0283. The van der Waals surface area contributed by atoms with Crippen molar-refractivity contribution < 1.29 is 32.2 Å².